The lowest BCUT2D eigenvalue weighted by molar-refractivity contribution is 0.456. The van der Waals surface area contributed by atoms with Crippen molar-refractivity contribution in [1.29, 1.82) is 0 Å². The molecule has 0 N–H and O–H groups in total. The lowest BCUT2D eigenvalue weighted by atomic mass is 10.3. The molecular formula is C12H6BrF3O. The Morgan fingerprint density at radius 3 is 2.35 bits per heavy atom. The van der Waals surface area contributed by atoms with Crippen LogP contribution >= 0.6 is 15.9 Å². The molecule has 0 aliphatic carbocycles. The van der Waals surface area contributed by atoms with Gasteiger partial charge in [0.1, 0.15) is 17.3 Å². The van der Waals surface area contributed by atoms with E-state index in [0.717, 1.165) is 12.1 Å². The molecule has 0 aromatic heterocycles. The number of hydrogen-bond acceptors (Lipinski definition) is 1. The Kier molecular flexibility index (Phi) is 3.38. The Balaban J connectivity index is 2.31. The summed E-state index contributed by atoms with van der Waals surface area (Å²) in [5.41, 5.74) is 0. The zero-order chi connectivity index (χ0) is 12.4. The van der Waals surface area contributed by atoms with Gasteiger partial charge < -0.3 is 4.74 Å². The standard InChI is InChI=1S/C12H6BrF3O/c13-10-5-9(6-11(15)12(10)16)17-8-3-1-2-7(14)4-8/h1-6H. The highest BCUT2D eigenvalue weighted by Gasteiger charge is 2.10. The zero-order valence-electron chi connectivity index (χ0n) is 8.38. The van der Waals surface area contributed by atoms with E-state index in [1.807, 2.05) is 0 Å². The topological polar surface area (TPSA) is 9.23 Å². The number of hydrogen-bond donors (Lipinski definition) is 0. The number of halogens is 4. The first kappa shape index (κ1) is 12.0. The maximum Gasteiger partial charge on any atom is 0.173 e. The molecule has 0 amide bonds. The fraction of sp³-hybridized carbons (Fsp3) is 0. The van der Waals surface area contributed by atoms with Crippen LogP contribution in [0.15, 0.2) is 40.9 Å². The summed E-state index contributed by atoms with van der Waals surface area (Å²) in [6.45, 7) is 0. The first-order valence-corrected chi connectivity index (χ1v) is 5.43. The van der Waals surface area contributed by atoms with Gasteiger partial charge in [-0.3, -0.25) is 0 Å². The third-order valence-corrected chi connectivity index (χ3v) is 2.57. The molecule has 0 atom stereocenters. The Bertz CT molecular complexity index is 534. The molecule has 0 saturated heterocycles. The van der Waals surface area contributed by atoms with Crippen LogP contribution in [-0.2, 0) is 0 Å². The highest BCUT2D eigenvalue weighted by Crippen LogP contribution is 2.28. The van der Waals surface area contributed by atoms with Crippen molar-refractivity contribution in [2.24, 2.45) is 0 Å². The van der Waals surface area contributed by atoms with Gasteiger partial charge in [0.25, 0.3) is 0 Å². The van der Waals surface area contributed by atoms with Crippen molar-refractivity contribution in [2.75, 3.05) is 0 Å². The highest BCUT2D eigenvalue weighted by atomic mass is 79.9. The van der Waals surface area contributed by atoms with E-state index in [4.69, 9.17) is 4.74 Å². The van der Waals surface area contributed by atoms with Crippen LogP contribution in [-0.4, -0.2) is 0 Å². The summed E-state index contributed by atoms with van der Waals surface area (Å²) in [6, 6.07) is 7.54. The Morgan fingerprint density at radius 2 is 1.71 bits per heavy atom. The van der Waals surface area contributed by atoms with Crippen molar-refractivity contribution >= 4 is 15.9 Å². The molecule has 0 aliphatic heterocycles. The maximum atomic E-state index is 13.1. The Labute approximate surface area is 104 Å². The summed E-state index contributed by atoms with van der Waals surface area (Å²) in [7, 11) is 0. The van der Waals surface area contributed by atoms with E-state index in [-0.39, 0.29) is 16.0 Å². The molecule has 1 nitrogen and oxygen atoms in total. The van der Waals surface area contributed by atoms with Gasteiger partial charge >= 0.3 is 0 Å². The minimum absolute atomic E-state index is 0.0519. The monoisotopic (exact) mass is 302 g/mol. The molecule has 0 aliphatic rings. The second-order valence-electron chi connectivity index (χ2n) is 3.26. The van der Waals surface area contributed by atoms with Crippen molar-refractivity contribution in [3.8, 4) is 11.5 Å². The largest absolute Gasteiger partial charge is 0.457 e. The molecule has 2 rings (SSSR count). The minimum atomic E-state index is -1.04. The third kappa shape index (κ3) is 2.79. The lowest BCUT2D eigenvalue weighted by Gasteiger charge is -2.07. The lowest BCUT2D eigenvalue weighted by Crippen LogP contribution is -1.90. The minimum Gasteiger partial charge on any atom is -0.457 e. The number of rotatable bonds is 2. The SMILES string of the molecule is Fc1cccc(Oc2cc(F)c(F)c(Br)c2)c1. The molecule has 5 heteroatoms. The van der Waals surface area contributed by atoms with Crippen LogP contribution in [0.3, 0.4) is 0 Å². The van der Waals surface area contributed by atoms with Gasteiger partial charge in [0.15, 0.2) is 11.6 Å². The van der Waals surface area contributed by atoms with Crippen molar-refractivity contribution in [3.63, 3.8) is 0 Å². The van der Waals surface area contributed by atoms with E-state index in [2.05, 4.69) is 15.9 Å². The molecule has 0 fully saturated rings. The van der Waals surface area contributed by atoms with Crippen LogP contribution in [0.1, 0.15) is 0 Å². The first-order valence-electron chi connectivity index (χ1n) is 4.64. The van der Waals surface area contributed by atoms with E-state index in [1.54, 1.807) is 0 Å². The second kappa shape index (κ2) is 4.79. The van der Waals surface area contributed by atoms with E-state index in [1.165, 1.54) is 24.3 Å². The van der Waals surface area contributed by atoms with Gasteiger partial charge in [-0.25, -0.2) is 13.2 Å². The Hall–Kier alpha value is -1.49. The maximum absolute atomic E-state index is 13.1. The molecule has 0 spiro atoms. The van der Waals surface area contributed by atoms with Crippen molar-refractivity contribution < 1.29 is 17.9 Å². The molecule has 0 unspecified atom stereocenters. The average Bonchev–Trinajstić information content (AvgIpc) is 2.26. The first-order chi connectivity index (χ1) is 8.06. The van der Waals surface area contributed by atoms with Gasteiger partial charge in [-0.05, 0) is 34.1 Å². The fourth-order valence-electron chi connectivity index (χ4n) is 1.26. The smallest absolute Gasteiger partial charge is 0.173 e. The van der Waals surface area contributed by atoms with E-state index < -0.39 is 17.5 Å². The van der Waals surface area contributed by atoms with Crippen LogP contribution in [0, 0.1) is 17.5 Å². The van der Waals surface area contributed by atoms with Crippen LogP contribution in [0.4, 0.5) is 13.2 Å². The summed E-state index contributed by atoms with van der Waals surface area (Å²) in [4.78, 5) is 0. The third-order valence-electron chi connectivity index (χ3n) is 1.99. The van der Waals surface area contributed by atoms with Gasteiger partial charge in [-0.1, -0.05) is 6.07 Å². The summed E-state index contributed by atoms with van der Waals surface area (Å²) in [6.07, 6.45) is 0. The molecule has 17 heavy (non-hydrogen) atoms. The van der Waals surface area contributed by atoms with Crippen molar-refractivity contribution in [3.05, 3.63) is 58.3 Å². The predicted octanol–water partition coefficient (Wildman–Crippen LogP) is 4.66. The van der Waals surface area contributed by atoms with E-state index in [0.29, 0.717) is 0 Å². The van der Waals surface area contributed by atoms with Gasteiger partial charge in [-0.2, -0.15) is 0 Å². The quantitative estimate of drug-likeness (QED) is 0.733. The highest BCUT2D eigenvalue weighted by molar-refractivity contribution is 9.10. The summed E-state index contributed by atoms with van der Waals surface area (Å²) in [5.74, 6) is -2.20. The van der Waals surface area contributed by atoms with E-state index in [9.17, 15) is 13.2 Å². The molecule has 0 bridgehead atoms. The molecule has 0 radical (unpaired) electrons. The Morgan fingerprint density at radius 1 is 0.941 bits per heavy atom. The zero-order valence-corrected chi connectivity index (χ0v) is 9.97. The number of benzene rings is 2. The molecule has 2 aromatic rings. The molecule has 0 heterocycles. The van der Waals surface area contributed by atoms with E-state index >= 15 is 0 Å². The predicted molar refractivity (Wildman–Crippen MR) is 60.5 cm³/mol. The van der Waals surface area contributed by atoms with Crippen LogP contribution < -0.4 is 4.74 Å². The van der Waals surface area contributed by atoms with Crippen molar-refractivity contribution in [1.82, 2.24) is 0 Å². The molecule has 2 aromatic carbocycles. The number of ether oxygens (including phenoxy) is 1. The average molecular weight is 303 g/mol. The second-order valence-corrected chi connectivity index (χ2v) is 4.11. The molecule has 88 valence electrons. The normalized spacial score (nSPS) is 10.4. The van der Waals surface area contributed by atoms with Gasteiger partial charge in [-0.15, -0.1) is 0 Å². The summed E-state index contributed by atoms with van der Waals surface area (Å²) >= 11 is 2.86. The fourth-order valence-corrected chi connectivity index (χ4v) is 1.67. The molecular weight excluding hydrogens is 297 g/mol. The van der Waals surface area contributed by atoms with Gasteiger partial charge in [0, 0.05) is 12.1 Å². The molecule has 0 saturated carbocycles. The van der Waals surface area contributed by atoms with Gasteiger partial charge in [0.05, 0.1) is 4.47 Å². The van der Waals surface area contributed by atoms with Crippen LogP contribution in [0.2, 0.25) is 0 Å². The van der Waals surface area contributed by atoms with Crippen molar-refractivity contribution in [2.45, 2.75) is 0 Å². The van der Waals surface area contributed by atoms with Crippen LogP contribution in [0.5, 0.6) is 11.5 Å². The van der Waals surface area contributed by atoms with Crippen LogP contribution in [0.25, 0.3) is 0 Å². The summed E-state index contributed by atoms with van der Waals surface area (Å²) in [5, 5.41) is 0. The van der Waals surface area contributed by atoms with Gasteiger partial charge in [0.2, 0.25) is 0 Å². The summed E-state index contributed by atoms with van der Waals surface area (Å²) < 4.78 is 44.1.